The molecule has 1 fully saturated rings. The Morgan fingerprint density at radius 1 is 1.14 bits per heavy atom. The molecular formula is C6H14N. The first kappa shape index (κ1) is 6.96. The Balaban J connectivity index is 0.000000162. The van der Waals surface area contributed by atoms with Gasteiger partial charge in [-0.3, -0.25) is 0 Å². The van der Waals surface area contributed by atoms with Crippen molar-refractivity contribution < 1.29 is 0 Å². The normalized spacial score (nSPS) is 18.0. The summed E-state index contributed by atoms with van der Waals surface area (Å²) in [6, 6.07) is 0. The van der Waals surface area contributed by atoms with Crippen molar-refractivity contribution in [2.75, 3.05) is 7.05 Å². The van der Waals surface area contributed by atoms with Crippen molar-refractivity contribution in [2.45, 2.75) is 25.7 Å². The van der Waals surface area contributed by atoms with Crippen LogP contribution in [0.2, 0.25) is 0 Å². The highest BCUT2D eigenvalue weighted by atomic mass is 14.4. The predicted molar refractivity (Wildman–Crippen MR) is 32.9 cm³/mol. The first-order chi connectivity index (χ1) is 3.50. The lowest BCUT2D eigenvalue weighted by atomic mass is 10.4. The SMILES string of the molecule is CN.[CH]1CCCC1. The number of hydrogen-bond acceptors (Lipinski definition) is 1. The van der Waals surface area contributed by atoms with Gasteiger partial charge in [0.2, 0.25) is 0 Å². The molecule has 1 rings (SSSR count). The van der Waals surface area contributed by atoms with Gasteiger partial charge in [0, 0.05) is 0 Å². The molecule has 1 heteroatoms. The van der Waals surface area contributed by atoms with Crippen LogP contribution in [0.4, 0.5) is 0 Å². The topological polar surface area (TPSA) is 26.0 Å². The minimum Gasteiger partial charge on any atom is -0.333 e. The van der Waals surface area contributed by atoms with Gasteiger partial charge in [-0.2, -0.15) is 0 Å². The van der Waals surface area contributed by atoms with Gasteiger partial charge in [0.1, 0.15) is 0 Å². The number of hydrogen-bond donors (Lipinski definition) is 1. The van der Waals surface area contributed by atoms with Crippen LogP contribution in [0.5, 0.6) is 0 Å². The van der Waals surface area contributed by atoms with Crippen LogP contribution in [-0.4, -0.2) is 7.05 Å². The average molecular weight is 100 g/mol. The molecule has 0 spiro atoms. The molecule has 1 radical (unpaired) electrons. The Morgan fingerprint density at radius 2 is 1.57 bits per heavy atom. The number of rotatable bonds is 0. The third kappa shape index (κ3) is 3.80. The maximum absolute atomic E-state index is 4.50. The van der Waals surface area contributed by atoms with Crippen molar-refractivity contribution in [3.63, 3.8) is 0 Å². The van der Waals surface area contributed by atoms with Crippen LogP contribution in [0.3, 0.4) is 0 Å². The second-order valence-electron chi connectivity index (χ2n) is 1.57. The summed E-state index contributed by atoms with van der Waals surface area (Å²) in [6.07, 6.45) is 8.00. The summed E-state index contributed by atoms with van der Waals surface area (Å²) < 4.78 is 0. The van der Waals surface area contributed by atoms with E-state index in [9.17, 15) is 0 Å². The van der Waals surface area contributed by atoms with Crippen LogP contribution in [0, 0.1) is 6.42 Å². The van der Waals surface area contributed by atoms with E-state index in [-0.39, 0.29) is 0 Å². The molecule has 1 aliphatic carbocycles. The summed E-state index contributed by atoms with van der Waals surface area (Å²) in [5, 5.41) is 0. The molecule has 43 valence electrons. The Morgan fingerprint density at radius 3 is 1.71 bits per heavy atom. The molecular weight excluding hydrogens is 86.1 g/mol. The first-order valence-corrected chi connectivity index (χ1v) is 2.89. The van der Waals surface area contributed by atoms with E-state index in [1.807, 2.05) is 0 Å². The highest BCUT2D eigenvalue weighted by Crippen LogP contribution is 2.13. The van der Waals surface area contributed by atoms with E-state index in [0.29, 0.717) is 0 Å². The van der Waals surface area contributed by atoms with Crippen LogP contribution in [0.25, 0.3) is 0 Å². The van der Waals surface area contributed by atoms with Gasteiger partial charge in [0.05, 0.1) is 0 Å². The minimum absolute atomic E-state index is 1.38. The Hall–Kier alpha value is -0.0400. The zero-order valence-corrected chi connectivity index (χ0v) is 4.98. The second kappa shape index (κ2) is 5.96. The van der Waals surface area contributed by atoms with E-state index in [0.717, 1.165) is 0 Å². The maximum atomic E-state index is 4.50. The third-order valence-corrected chi connectivity index (χ3v) is 1.07. The van der Waals surface area contributed by atoms with Gasteiger partial charge in [-0.25, -0.2) is 0 Å². The van der Waals surface area contributed by atoms with Crippen LogP contribution in [0.15, 0.2) is 0 Å². The van der Waals surface area contributed by atoms with Crippen LogP contribution in [-0.2, 0) is 0 Å². The zero-order chi connectivity index (χ0) is 5.54. The molecule has 2 N–H and O–H groups in total. The highest BCUT2D eigenvalue weighted by Gasteiger charge is 1.95. The second-order valence-corrected chi connectivity index (χ2v) is 1.57. The molecule has 0 bridgehead atoms. The molecule has 1 nitrogen and oxygen atoms in total. The average Bonchev–Trinajstić information content (AvgIpc) is 2.23. The Bertz CT molecular complexity index is 15.8. The quantitative estimate of drug-likeness (QED) is 0.488. The molecule has 0 amide bonds. The molecule has 0 aliphatic heterocycles. The van der Waals surface area contributed by atoms with Crippen molar-refractivity contribution in [1.82, 2.24) is 0 Å². The van der Waals surface area contributed by atoms with Crippen molar-refractivity contribution in [3.8, 4) is 0 Å². The highest BCUT2D eigenvalue weighted by molar-refractivity contribution is 4.71. The first-order valence-electron chi connectivity index (χ1n) is 2.89. The molecule has 7 heavy (non-hydrogen) atoms. The van der Waals surface area contributed by atoms with Gasteiger partial charge in [-0.1, -0.05) is 25.7 Å². The molecule has 0 unspecified atom stereocenters. The van der Waals surface area contributed by atoms with Crippen molar-refractivity contribution in [2.24, 2.45) is 5.73 Å². The summed E-state index contributed by atoms with van der Waals surface area (Å²) in [5.74, 6) is 0. The fourth-order valence-corrected chi connectivity index (χ4v) is 0.722. The summed E-state index contributed by atoms with van der Waals surface area (Å²) >= 11 is 0. The van der Waals surface area contributed by atoms with Gasteiger partial charge < -0.3 is 5.73 Å². The van der Waals surface area contributed by atoms with Gasteiger partial charge in [-0.15, -0.1) is 0 Å². The van der Waals surface area contributed by atoms with Crippen molar-refractivity contribution in [3.05, 3.63) is 6.42 Å². The van der Waals surface area contributed by atoms with E-state index >= 15 is 0 Å². The van der Waals surface area contributed by atoms with Gasteiger partial charge in [0.15, 0.2) is 0 Å². The zero-order valence-electron chi connectivity index (χ0n) is 4.98. The molecule has 0 heterocycles. The largest absolute Gasteiger partial charge is 0.333 e. The standard InChI is InChI=1S/C5H9.CH5N/c1-2-4-5-3-1;1-2/h1H,2-5H2;2H2,1H3. The molecule has 0 saturated heterocycles. The fourth-order valence-electron chi connectivity index (χ4n) is 0.722. The maximum Gasteiger partial charge on any atom is -0.0195 e. The fraction of sp³-hybridized carbons (Fsp3) is 0.833. The van der Waals surface area contributed by atoms with E-state index in [1.54, 1.807) is 0 Å². The van der Waals surface area contributed by atoms with Crippen molar-refractivity contribution in [1.29, 1.82) is 0 Å². The summed E-state index contributed by atoms with van der Waals surface area (Å²) in [5.41, 5.74) is 4.50. The van der Waals surface area contributed by atoms with Crippen LogP contribution < -0.4 is 5.73 Å². The van der Waals surface area contributed by atoms with Gasteiger partial charge >= 0.3 is 0 Å². The van der Waals surface area contributed by atoms with E-state index in [4.69, 9.17) is 0 Å². The number of nitrogens with two attached hydrogens (primary N) is 1. The Kier molecular flexibility index (Phi) is 5.93. The van der Waals surface area contributed by atoms with Gasteiger partial charge in [-0.05, 0) is 13.5 Å². The Labute approximate surface area is 45.9 Å². The van der Waals surface area contributed by atoms with Crippen LogP contribution in [0.1, 0.15) is 25.7 Å². The molecule has 0 aromatic carbocycles. The molecule has 1 aliphatic rings. The molecule has 0 atom stereocenters. The van der Waals surface area contributed by atoms with Crippen LogP contribution >= 0.6 is 0 Å². The lowest BCUT2D eigenvalue weighted by Gasteiger charge is -1.67. The molecule has 0 aromatic rings. The predicted octanol–water partition coefficient (Wildman–Crippen LogP) is 1.34. The van der Waals surface area contributed by atoms with E-state index in [2.05, 4.69) is 12.2 Å². The summed E-state index contributed by atoms with van der Waals surface area (Å²) in [6.45, 7) is 0. The van der Waals surface area contributed by atoms with Crippen molar-refractivity contribution >= 4 is 0 Å². The van der Waals surface area contributed by atoms with E-state index < -0.39 is 0 Å². The lowest BCUT2D eigenvalue weighted by Crippen LogP contribution is -1.69. The monoisotopic (exact) mass is 100 g/mol. The van der Waals surface area contributed by atoms with E-state index in [1.165, 1.54) is 32.7 Å². The molecule has 0 aromatic heterocycles. The molecule has 1 saturated carbocycles. The smallest absolute Gasteiger partial charge is 0.0195 e. The summed E-state index contributed by atoms with van der Waals surface area (Å²) in [7, 11) is 1.50. The minimum atomic E-state index is 1.38. The lowest BCUT2D eigenvalue weighted by molar-refractivity contribution is 0.886. The van der Waals surface area contributed by atoms with Gasteiger partial charge in [0.25, 0.3) is 0 Å². The summed E-state index contributed by atoms with van der Waals surface area (Å²) in [4.78, 5) is 0. The third-order valence-electron chi connectivity index (χ3n) is 1.07.